The number of hydrogen-bond donors (Lipinski definition) is 2. The van der Waals surface area contributed by atoms with Crippen LogP contribution in [0.1, 0.15) is 26.5 Å². The molecule has 0 bridgehead atoms. The van der Waals surface area contributed by atoms with Crippen LogP contribution in [0.15, 0.2) is 41.0 Å². The van der Waals surface area contributed by atoms with Crippen LogP contribution < -0.4 is 10.6 Å². The van der Waals surface area contributed by atoms with Crippen molar-refractivity contribution in [1.29, 1.82) is 0 Å². The quantitative estimate of drug-likeness (QED) is 0.886. The first-order valence-corrected chi connectivity index (χ1v) is 5.79. The predicted octanol–water partition coefficient (Wildman–Crippen LogP) is 2.20. The first-order valence-electron chi connectivity index (χ1n) is 5.79. The highest BCUT2D eigenvalue weighted by molar-refractivity contribution is 6.03. The van der Waals surface area contributed by atoms with E-state index in [1.54, 1.807) is 44.3 Å². The summed E-state index contributed by atoms with van der Waals surface area (Å²) in [5, 5.41) is 5.23. The van der Waals surface area contributed by atoms with E-state index in [9.17, 15) is 9.59 Å². The minimum atomic E-state index is -0.310. The largest absolute Gasteiger partial charge is 0.459 e. The SMILES string of the molecule is CNC(=O)c1ccc(NC(=O)c2occc2C)cc1. The fourth-order valence-electron chi connectivity index (χ4n) is 1.64. The molecule has 0 saturated heterocycles. The number of rotatable bonds is 3. The van der Waals surface area contributed by atoms with Gasteiger partial charge in [0.15, 0.2) is 5.76 Å². The summed E-state index contributed by atoms with van der Waals surface area (Å²) in [4.78, 5) is 23.3. The van der Waals surface area contributed by atoms with Crippen LogP contribution >= 0.6 is 0 Å². The van der Waals surface area contributed by atoms with E-state index in [0.29, 0.717) is 11.3 Å². The molecule has 0 radical (unpaired) electrons. The first kappa shape index (κ1) is 12.9. The number of hydrogen-bond acceptors (Lipinski definition) is 3. The van der Waals surface area contributed by atoms with Gasteiger partial charge in [-0.3, -0.25) is 9.59 Å². The Morgan fingerprint density at radius 2 is 1.74 bits per heavy atom. The summed E-state index contributed by atoms with van der Waals surface area (Å²) >= 11 is 0. The van der Waals surface area contributed by atoms with Gasteiger partial charge in [-0.15, -0.1) is 0 Å². The van der Waals surface area contributed by atoms with Crippen molar-refractivity contribution in [2.75, 3.05) is 12.4 Å². The zero-order valence-electron chi connectivity index (χ0n) is 10.7. The molecular weight excluding hydrogens is 244 g/mol. The van der Waals surface area contributed by atoms with Gasteiger partial charge in [0, 0.05) is 23.9 Å². The molecule has 2 rings (SSSR count). The summed E-state index contributed by atoms with van der Waals surface area (Å²) in [5.41, 5.74) is 1.92. The van der Waals surface area contributed by atoms with Crippen molar-refractivity contribution in [3.8, 4) is 0 Å². The average molecular weight is 258 g/mol. The number of furan rings is 1. The van der Waals surface area contributed by atoms with Crippen molar-refractivity contribution in [3.05, 3.63) is 53.5 Å². The van der Waals surface area contributed by atoms with Crippen molar-refractivity contribution < 1.29 is 14.0 Å². The maximum atomic E-state index is 11.9. The molecule has 2 amide bonds. The number of anilines is 1. The number of amides is 2. The summed E-state index contributed by atoms with van der Waals surface area (Å²) in [6.07, 6.45) is 1.47. The second kappa shape index (κ2) is 5.39. The van der Waals surface area contributed by atoms with Crippen LogP contribution in [0.25, 0.3) is 0 Å². The van der Waals surface area contributed by atoms with Gasteiger partial charge in [-0.05, 0) is 37.3 Å². The lowest BCUT2D eigenvalue weighted by Crippen LogP contribution is -2.17. The minimum absolute atomic E-state index is 0.167. The van der Waals surface area contributed by atoms with Crippen LogP contribution in [0.3, 0.4) is 0 Å². The molecule has 0 aliphatic heterocycles. The molecule has 0 fully saturated rings. The Labute approximate surface area is 110 Å². The van der Waals surface area contributed by atoms with E-state index in [-0.39, 0.29) is 17.6 Å². The van der Waals surface area contributed by atoms with Crippen molar-refractivity contribution in [2.45, 2.75) is 6.92 Å². The molecule has 0 aliphatic rings. The Kier molecular flexibility index (Phi) is 3.66. The monoisotopic (exact) mass is 258 g/mol. The van der Waals surface area contributed by atoms with Crippen LogP contribution in [0, 0.1) is 6.92 Å². The molecule has 0 unspecified atom stereocenters. The second-order valence-corrected chi connectivity index (χ2v) is 4.04. The van der Waals surface area contributed by atoms with Crippen LogP contribution in [0.2, 0.25) is 0 Å². The van der Waals surface area contributed by atoms with Crippen LogP contribution in [0.5, 0.6) is 0 Å². The second-order valence-electron chi connectivity index (χ2n) is 4.04. The van der Waals surface area contributed by atoms with E-state index >= 15 is 0 Å². The Balaban J connectivity index is 2.10. The average Bonchev–Trinajstić information content (AvgIpc) is 2.85. The highest BCUT2D eigenvalue weighted by Gasteiger charge is 2.12. The third kappa shape index (κ3) is 2.82. The van der Waals surface area contributed by atoms with Crippen LogP contribution in [0.4, 0.5) is 5.69 Å². The van der Waals surface area contributed by atoms with Crippen molar-refractivity contribution in [3.63, 3.8) is 0 Å². The third-order valence-corrected chi connectivity index (χ3v) is 2.70. The highest BCUT2D eigenvalue weighted by Crippen LogP contribution is 2.14. The van der Waals surface area contributed by atoms with Crippen molar-refractivity contribution in [1.82, 2.24) is 5.32 Å². The third-order valence-electron chi connectivity index (χ3n) is 2.70. The molecule has 98 valence electrons. The van der Waals surface area contributed by atoms with Gasteiger partial charge in [0.05, 0.1) is 6.26 Å². The highest BCUT2D eigenvalue weighted by atomic mass is 16.3. The predicted molar refractivity (Wildman–Crippen MR) is 71.2 cm³/mol. The number of benzene rings is 1. The zero-order chi connectivity index (χ0) is 13.8. The van der Waals surface area contributed by atoms with E-state index in [2.05, 4.69) is 10.6 Å². The molecule has 0 saturated carbocycles. The van der Waals surface area contributed by atoms with E-state index in [0.717, 1.165) is 5.56 Å². The standard InChI is InChI=1S/C14H14N2O3/c1-9-7-8-19-12(9)14(18)16-11-5-3-10(4-6-11)13(17)15-2/h3-8H,1-2H3,(H,15,17)(H,16,18). The lowest BCUT2D eigenvalue weighted by Gasteiger charge is -2.05. The fourth-order valence-corrected chi connectivity index (χ4v) is 1.64. The van der Waals surface area contributed by atoms with Gasteiger partial charge in [0.1, 0.15) is 0 Å². The molecule has 0 spiro atoms. The lowest BCUT2D eigenvalue weighted by atomic mass is 10.2. The summed E-state index contributed by atoms with van der Waals surface area (Å²) in [6.45, 7) is 1.80. The molecule has 1 heterocycles. The summed E-state index contributed by atoms with van der Waals surface area (Å²) in [6, 6.07) is 8.35. The Hall–Kier alpha value is -2.56. The Morgan fingerprint density at radius 3 is 2.26 bits per heavy atom. The van der Waals surface area contributed by atoms with Crippen molar-refractivity contribution >= 4 is 17.5 Å². The van der Waals surface area contributed by atoms with Gasteiger partial charge in [-0.1, -0.05) is 0 Å². The van der Waals surface area contributed by atoms with E-state index in [1.165, 1.54) is 6.26 Å². The smallest absolute Gasteiger partial charge is 0.291 e. The molecule has 2 N–H and O–H groups in total. The molecule has 19 heavy (non-hydrogen) atoms. The van der Waals surface area contributed by atoms with Crippen LogP contribution in [-0.2, 0) is 0 Å². The summed E-state index contributed by atoms with van der Waals surface area (Å²) in [5.74, 6) is -0.190. The van der Waals surface area contributed by atoms with Crippen LogP contribution in [-0.4, -0.2) is 18.9 Å². The summed E-state index contributed by atoms with van der Waals surface area (Å²) < 4.78 is 5.10. The molecule has 5 heteroatoms. The van der Waals surface area contributed by atoms with Gasteiger partial charge in [0.25, 0.3) is 11.8 Å². The molecular formula is C14H14N2O3. The maximum Gasteiger partial charge on any atom is 0.291 e. The first-order chi connectivity index (χ1) is 9.11. The molecule has 2 aromatic rings. The Morgan fingerprint density at radius 1 is 1.05 bits per heavy atom. The number of carbonyl (C=O) groups is 2. The van der Waals surface area contributed by atoms with Crippen molar-refractivity contribution in [2.24, 2.45) is 0 Å². The number of carbonyl (C=O) groups excluding carboxylic acids is 2. The topological polar surface area (TPSA) is 71.3 Å². The Bertz CT molecular complexity index is 599. The van der Waals surface area contributed by atoms with E-state index < -0.39 is 0 Å². The number of aryl methyl sites for hydroxylation is 1. The molecule has 5 nitrogen and oxygen atoms in total. The molecule has 1 aromatic carbocycles. The molecule has 0 aliphatic carbocycles. The maximum absolute atomic E-state index is 11.9. The molecule has 1 aromatic heterocycles. The molecule has 0 atom stereocenters. The van der Waals surface area contributed by atoms with E-state index in [4.69, 9.17) is 4.42 Å². The minimum Gasteiger partial charge on any atom is -0.459 e. The fraction of sp³-hybridized carbons (Fsp3) is 0.143. The van der Waals surface area contributed by atoms with Gasteiger partial charge in [-0.2, -0.15) is 0 Å². The lowest BCUT2D eigenvalue weighted by molar-refractivity contribution is 0.0962. The zero-order valence-corrected chi connectivity index (χ0v) is 10.7. The van der Waals surface area contributed by atoms with Gasteiger partial charge in [-0.25, -0.2) is 0 Å². The van der Waals surface area contributed by atoms with E-state index in [1.807, 2.05) is 0 Å². The number of nitrogens with one attached hydrogen (secondary N) is 2. The normalized spacial score (nSPS) is 10.0. The van der Waals surface area contributed by atoms with Gasteiger partial charge >= 0.3 is 0 Å². The van der Waals surface area contributed by atoms with Gasteiger partial charge in [0.2, 0.25) is 0 Å². The summed E-state index contributed by atoms with van der Waals surface area (Å²) in [7, 11) is 1.57. The van der Waals surface area contributed by atoms with Gasteiger partial charge < -0.3 is 15.1 Å².